The molecule has 7 heteroatoms. The van der Waals surface area contributed by atoms with E-state index in [-0.39, 0.29) is 25.4 Å². The van der Waals surface area contributed by atoms with Crippen LogP contribution in [-0.4, -0.2) is 45.8 Å². The molecule has 0 aliphatic carbocycles. The monoisotopic (exact) mass is 338 g/mol. The summed E-state index contributed by atoms with van der Waals surface area (Å²) in [6, 6.07) is 9.20. The third kappa shape index (κ3) is 3.08. The van der Waals surface area contributed by atoms with Crippen LogP contribution in [0.2, 0.25) is 0 Å². The summed E-state index contributed by atoms with van der Waals surface area (Å²) in [5.41, 5.74) is -1.22. The quantitative estimate of drug-likeness (QED) is 0.916. The molecule has 1 saturated heterocycles. The number of hydrogen-bond donors (Lipinski definition) is 1. The molecule has 1 amide bonds. The Morgan fingerprint density at radius 1 is 1.21 bits per heavy atom. The number of hydrogen-bond acceptors (Lipinski definition) is 3. The van der Waals surface area contributed by atoms with Gasteiger partial charge in [-0.1, -0.05) is 24.3 Å². The van der Waals surface area contributed by atoms with Gasteiger partial charge in [-0.25, -0.2) is 0 Å². The number of amides is 1. The zero-order valence-electron chi connectivity index (χ0n) is 12.9. The summed E-state index contributed by atoms with van der Waals surface area (Å²) in [6.07, 6.45) is -3.92. The second-order valence-electron chi connectivity index (χ2n) is 6.08. The average Bonchev–Trinajstić information content (AvgIpc) is 2.55. The maximum Gasteiger partial charge on any atom is 0.417 e. The van der Waals surface area contributed by atoms with E-state index in [1.165, 1.54) is 4.90 Å². The number of rotatable bonds is 2. The SMILES string of the molecule is O=C(Cc1cccc2cccnc12)N1CCC(O)(C(F)(F)F)CC1. The number of carbonyl (C=O) groups is 1. The van der Waals surface area contributed by atoms with Crippen LogP contribution in [0.15, 0.2) is 36.5 Å². The van der Waals surface area contributed by atoms with Crippen LogP contribution >= 0.6 is 0 Å². The fourth-order valence-electron chi connectivity index (χ4n) is 2.99. The van der Waals surface area contributed by atoms with Crippen LogP contribution in [-0.2, 0) is 11.2 Å². The van der Waals surface area contributed by atoms with Crippen molar-refractivity contribution >= 4 is 16.8 Å². The zero-order valence-corrected chi connectivity index (χ0v) is 12.9. The van der Waals surface area contributed by atoms with Gasteiger partial charge in [0.25, 0.3) is 0 Å². The minimum absolute atomic E-state index is 0.0821. The van der Waals surface area contributed by atoms with Gasteiger partial charge in [0.05, 0.1) is 11.9 Å². The van der Waals surface area contributed by atoms with Crippen molar-refractivity contribution < 1.29 is 23.1 Å². The molecule has 0 saturated carbocycles. The van der Waals surface area contributed by atoms with Gasteiger partial charge in [0.1, 0.15) is 0 Å². The number of aromatic nitrogens is 1. The molecule has 1 N–H and O–H groups in total. The van der Waals surface area contributed by atoms with Crippen LogP contribution < -0.4 is 0 Å². The molecule has 1 aromatic heterocycles. The molecule has 0 radical (unpaired) electrons. The van der Waals surface area contributed by atoms with Crippen LogP contribution in [0.1, 0.15) is 18.4 Å². The summed E-state index contributed by atoms with van der Waals surface area (Å²) in [5.74, 6) is -0.252. The Morgan fingerprint density at radius 3 is 2.54 bits per heavy atom. The number of fused-ring (bicyclic) bond motifs is 1. The standard InChI is InChI=1S/C17H17F3N2O2/c18-17(19,20)16(24)6-9-22(10-7-16)14(23)11-13-4-1-3-12-5-2-8-21-15(12)13/h1-5,8,24H,6-7,9-11H2. The Hall–Kier alpha value is -2.15. The van der Waals surface area contributed by atoms with Gasteiger partial charge < -0.3 is 10.0 Å². The molecule has 1 aromatic carbocycles. The van der Waals surface area contributed by atoms with Crippen molar-refractivity contribution in [1.29, 1.82) is 0 Å². The van der Waals surface area contributed by atoms with E-state index in [4.69, 9.17) is 0 Å². The molecule has 4 nitrogen and oxygen atoms in total. The number of nitrogens with zero attached hydrogens (tertiary/aromatic N) is 2. The van der Waals surface area contributed by atoms with Crippen molar-refractivity contribution in [2.75, 3.05) is 13.1 Å². The predicted molar refractivity (Wildman–Crippen MR) is 82.3 cm³/mol. The summed E-state index contributed by atoms with van der Waals surface area (Å²) in [5, 5.41) is 10.6. The number of carbonyl (C=O) groups excluding carboxylic acids is 1. The highest BCUT2D eigenvalue weighted by atomic mass is 19.4. The lowest BCUT2D eigenvalue weighted by molar-refractivity contribution is -0.272. The van der Waals surface area contributed by atoms with Gasteiger partial charge in [-0.05, 0) is 11.6 Å². The Labute approximate surface area is 136 Å². The molecule has 1 aliphatic heterocycles. The summed E-state index contributed by atoms with van der Waals surface area (Å²) < 4.78 is 38.4. The first-order chi connectivity index (χ1) is 11.3. The molecule has 0 atom stereocenters. The molecule has 24 heavy (non-hydrogen) atoms. The predicted octanol–water partition coefficient (Wildman–Crippen LogP) is 2.69. The van der Waals surface area contributed by atoms with Gasteiger partial charge in [0, 0.05) is 37.5 Å². The summed E-state index contributed by atoms with van der Waals surface area (Å²) >= 11 is 0. The molecule has 0 unspecified atom stereocenters. The van der Waals surface area contributed by atoms with E-state index in [1.807, 2.05) is 18.2 Å². The Kier molecular flexibility index (Phi) is 4.21. The highest BCUT2D eigenvalue weighted by Gasteiger charge is 2.54. The third-order valence-electron chi connectivity index (χ3n) is 4.53. The van der Waals surface area contributed by atoms with Gasteiger partial charge in [0.2, 0.25) is 5.91 Å². The number of likely N-dealkylation sites (tertiary alicyclic amines) is 1. The Morgan fingerprint density at radius 2 is 1.88 bits per heavy atom. The van der Waals surface area contributed by atoms with Gasteiger partial charge in [-0.2, -0.15) is 13.2 Å². The van der Waals surface area contributed by atoms with Crippen LogP contribution in [0.4, 0.5) is 13.2 Å². The normalized spacial score (nSPS) is 17.9. The molecule has 0 bridgehead atoms. The van der Waals surface area contributed by atoms with Gasteiger partial charge >= 0.3 is 6.18 Å². The van der Waals surface area contributed by atoms with Crippen molar-refractivity contribution in [3.8, 4) is 0 Å². The number of para-hydroxylation sites is 1. The topological polar surface area (TPSA) is 53.4 Å². The summed E-state index contributed by atoms with van der Waals surface area (Å²) in [4.78, 5) is 18.1. The molecular weight excluding hydrogens is 321 g/mol. The van der Waals surface area contributed by atoms with Crippen molar-refractivity contribution in [3.63, 3.8) is 0 Å². The van der Waals surface area contributed by atoms with Crippen LogP contribution in [0.25, 0.3) is 10.9 Å². The van der Waals surface area contributed by atoms with Crippen molar-refractivity contribution in [2.45, 2.75) is 31.0 Å². The molecule has 3 rings (SSSR count). The highest BCUT2D eigenvalue weighted by Crippen LogP contribution is 2.38. The molecule has 128 valence electrons. The Bertz CT molecular complexity index is 748. The minimum atomic E-state index is -4.66. The lowest BCUT2D eigenvalue weighted by Crippen LogP contribution is -2.54. The van der Waals surface area contributed by atoms with E-state index < -0.39 is 24.6 Å². The smallest absolute Gasteiger partial charge is 0.380 e. The zero-order chi connectivity index (χ0) is 17.4. The van der Waals surface area contributed by atoms with E-state index in [9.17, 15) is 23.1 Å². The lowest BCUT2D eigenvalue weighted by atomic mass is 9.90. The fraction of sp³-hybridized carbons (Fsp3) is 0.412. The number of pyridine rings is 1. The van der Waals surface area contributed by atoms with E-state index in [0.717, 1.165) is 16.5 Å². The molecule has 2 aromatic rings. The first-order valence-electron chi connectivity index (χ1n) is 7.70. The minimum Gasteiger partial charge on any atom is -0.380 e. The molecule has 1 fully saturated rings. The van der Waals surface area contributed by atoms with E-state index in [1.54, 1.807) is 18.3 Å². The number of aliphatic hydroxyl groups is 1. The maximum absolute atomic E-state index is 12.8. The van der Waals surface area contributed by atoms with Crippen molar-refractivity contribution in [2.24, 2.45) is 0 Å². The van der Waals surface area contributed by atoms with Crippen molar-refractivity contribution in [1.82, 2.24) is 9.88 Å². The van der Waals surface area contributed by atoms with Crippen LogP contribution in [0.5, 0.6) is 0 Å². The second kappa shape index (κ2) is 6.05. The Balaban J connectivity index is 1.70. The first-order valence-corrected chi connectivity index (χ1v) is 7.70. The maximum atomic E-state index is 12.8. The van der Waals surface area contributed by atoms with Gasteiger partial charge in [-0.15, -0.1) is 0 Å². The summed E-state index contributed by atoms with van der Waals surface area (Å²) in [7, 11) is 0. The van der Waals surface area contributed by atoms with E-state index in [2.05, 4.69) is 4.98 Å². The highest BCUT2D eigenvalue weighted by molar-refractivity contribution is 5.87. The van der Waals surface area contributed by atoms with Crippen molar-refractivity contribution in [3.05, 3.63) is 42.1 Å². The number of alkyl halides is 3. The largest absolute Gasteiger partial charge is 0.417 e. The van der Waals surface area contributed by atoms with Gasteiger partial charge in [0.15, 0.2) is 5.60 Å². The molecule has 0 spiro atoms. The van der Waals surface area contributed by atoms with E-state index in [0.29, 0.717) is 0 Å². The number of halogens is 3. The molecule has 2 heterocycles. The van der Waals surface area contributed by atoms with Gasteiger partial charge in [-0.3, -0.25) is 9.78 Å². The lowest BCUT2D eigenvalue weighted by Gasteiger charge is -2.39. The second-order valence-corrected chi connectivity index (χ2v) is 6.08. The molecule has 1 aliphatic rings. The van der Waals surface area contributed by atoms with E-state index >= 15 is 0 Å². The number of piperidine rings is 1. The average molecular weight is 338 g/mol. The fourth-order valence-corrected chi connectivity index (χ4v) is 2.99. The number of benzene rings is 1. The van der Waals surface area contributed by atoms with Crippen LogP contribution in [0.3, 0.4) is 0 Å². The first kappa shape index (κ1) is 16.7. The molecular formula is C17H17F3N2O2. The van der Waals surface area contributed by atoms with Crippen LogP contribution in [0, 0.1) is 0 Å². The summed E-state index contributed by atoms with van der Waals surface area (Å²) in [6.45, 7) is -0.208. The third-order valence-corrected chi connectivity index (χ3v) is 4.53.